The summed E-state index contributed by atoms with van der Waals surface area (Å²) in [5.41, 5.74) is 0. The van der Waals surface area contributed by atoms with Crippen molar-refractivity contribution in [1.29, 1.82) is 0 Å². The quantitative estimate of drug-likeness (QED) is 0.324. The molecule has 0 aliphatic carbocycles. The second-order valence-electron chi connectivity index (χ2n) is 5.29. The van der Waals surface area contributed by atoms with Crippen LogP contribution in [0.25, 0.3) is 0 Å². The normalized spacial score (nSPS) is 9.89. The average molecular weight is 334 g/mol. The molecular weight excluding hydrogens is 299 g/mol. The van der Waals surface area contributed by atoms with E-state index in [0.717, 1.165) is 0 Å². The molecule has 0 amide bonds. The maximum absolute atomic E-state index is 2.30. The molecule has 1 nitrogen and oxygen atoms in total. The minimum Gasteiger partial charge on any atom is -2.00 e. The maximum Gasteiger partial charge on any atom is -2.00 e. The Morgan fingerprint density at radius 3 is 1.22 bits per heavy atom. The van der Waals surface area contributed by atoms with Crippen molar-refractivity contribution >= 4 is 0 Å². The predicted octanol–water partition coefficient (Wildman–Crippen LogP) is 6.51. The average Bonchev–Trinajstić information content (AvgIpc) is 2.35. The molecule has 0 fully saturated rings. The molecule has 18 heavy (non-hydrogen) atoms. The van der Waals surface area contributed by atoms with E-state index in [9.17, 15) is 0 Å². The summed E-state index contributed by atoms with van der Waals surface area (Å²) >= 11 is 0.0736. The van der Waals surface area contributed by atoms with Crippen molar-refractivity contribution in [2.45, 2.75) is 99.2 Å². The van der Waals surface area contributed by atoms with Crippen LogP contribution in [0.3, 0.4) is 0 Å². The van der Waals surface area contributed by atoms with Gasteiger partial charge in [0.15, 0.2) is 0 Å². The molecule has 0 aromatic heterocycles. The van der Waals surface area contributed by atoms with Crippen LogP contribution < -0.4 is 0 Å². The Hall–Kier alpha value is 0.843. The molecule has 2 heteroatoms. The number of rotatable bonds is 14. The first-order valence-electron chi connectivity index (χ1n) is 8.12. The van der Waals surface area contributed by atoms with Gasteiger partial charge in [0.05, 0.1) is 0 Å². The summed E-state index contributed by atoms with van der Waals surface area (Å²) in [4.78, 5) is 0. The van der Waals surface area contributed by atoms with Crippen molar-refractivity contribution < 1.29 is 28.7 Å². The minimum absolute atomic E-state index is 0. The van der Waals surface area contributed by atoms with Crippen LogP contribution in [0, 0.1) is 0 Å². The van der Waals surface area contributed by atoms with Crippen molar-refractivity contribution in [3.63, 3.8) is 0 Å². The van der Waals surface area contributed by atoms with E-state index in [1.807, 2.05) is 0 Å². The molecule has 0 radical (unpaired) electrons. The van der Waals surface area contributed by atoms with Gasteiger partial charge in [-0.1, -0.05) is 0 Å². The predicted molar refractivity (Wildman–Crippen MR) is 77.1 cm³/mol. The van der Waals surface area contributed by atoms with E-state index in [4.69, 9.17) is 0 Å². The van der Waals surface area contributed by atoms with E-state index in [2.05, 4.69) is 13.8 Å². The van der Waals surface area contributed by atoms with Crippen LogP contribution in [0.2, 0.25) is 8.26 Å². The molecule has 108 valence electrons. The van der Waals surface area contributed by atoms with Crippen molar-refractivity contribution in [3.8, 4) is 0 Å². The van der Waals surface area contributed by atoms with Gasteiger partial charge >= 0.3 is 122 Å². The molecule has 0 aromatic rings. The monoisotopic (exact) mass is 332 g/mol. The van der Waals surface area contributed by atoms with Crippen molar-refractivity contribution in [2.24, 2.45) is 0 Å². The van der Waals surface area contributed by atoms with E-state index >= 15 is 0 Å². The first-order chi connectivity index (χ1) is 8.41. The Bertz CT molecular complexity index is 114. The Kier molecular flexibility index (Phi) is 23.7. The van der Waals surface area contributed by atoms with E-state index in [1.165, 1.54) is 64.2 Å². The van der Waals surface area contributed by atoms with Gasteiger partial charge in [0.1, 0.15) is 0 Å². The van der Waals surface area contributed by atoms with Crippen molar-refractivity contribution in [2.75, 3.05) is 0 Å². The van der Waals surface area contributed by atoms with Crippen molar-refractivity contribution in [3.05, 3.63) is 0 Å². The summed E-state index contributed by atoms with van der Waals surface area (Å²) < 4.78 is 3.31. The number of hydrogen-bond donors (Lipinski definition) is 0. The summed E-state index contributed by atoms with van der Waals surface area (Å²) in [6.07, 6.45) is 17.8. The Balaban J connectivity index is 0. The van der Waals surface area contributed by atoms with Crippen LogP contribution >= 0.6 is 0 Å². The molecule has 0 rings (SSSR count). The number of unbranched alkanes of at least 4 members (excludes halogenated alkanes) is 10. The zero-order chi connectivity index (χ0) is 12.6. The smallest absolute Gasteiger partial charge is 2.00 e. The van der Waals surface area contributed by atoms with Gasteiger partial charge in [0, 0.05) is 0 Å². The summed E-state index contributed by atoms with van der Waals surface area (Å²) in [6.45, 7) is 4.60. The molecule has 0 N–H and O–H groups in total. The van der Waals surface area contributed by atoms with Gasteiger partial charge in [-0.25, -0.2) is 0 Å². The summed E-state index contributed by atoms with van der Waals surface area (Å²) in [5, 5.41) is 0. The van der Waals surface area contributed by atoms with Crippen LogP contribution in [-0.2, 0) is 28.7 Å². The summed E-state index contributed by atoms with van der Waals surface area (Å²) in [5.74, 6) is 0. The second kappa shape index (κ2) is 20.2. The van der Waals surface area contributed by atoms with Gasteiger partial charge < -0.3 is 5.48 Å². The number of hydrogen-bond acceptors (Lipinski definition) is 0. The van der Waals surface area contributed by atoms with Gasteiger partial charge in [0.25, 0.3) is 0 Å². The van der Waals surface area contributed by atoms with Crippen LogP contribution in [0.5, 0.6) is 0 Å². The third kappa shape index (κ3) is 19.2. The molecular formula is C16H34OZr. The van der Waals surface area contributed by atoms with E-state index in [0.29, 0.717) is 0 Å². The fourth-order valence-corrected chi connectivity index (χ4v) is 5.26. The molecule has 0 saturated carbocycles. The SMILES string of the molecule is CCCCCCC[CH2][Zr+2][CH2]CCCCCCC.[O-2]. The van der Waals surface area contributed by atoms with Crippen LogP contribution in [0.4, 0.5) is 0 Å². The molecule has 0 aromatic carbocycles. The molecule has 0 aliphatic rings. The van der Waals surface area contributed by atoms with E-state index in [1.54, 1.807) is 21.1 Å². The van der Waals surface area contributed by atoms with E-state index in [-0.39, 0.29) is 28.7 Å². The summed E-state index contributed by atoms with van der Waals surface area (Å²) in [6, 6.07) is 0. The molecule has 0 bridgehead atoms. The van der Waals surface area contributed by atoms with Crippen LogP contribution in [0.15, 0.2) is 0 Å². The largest absolute Gasteiger partial charge is 2.00 e. The van der Waals surface area contributed by atoms with Crippen molar-refractivity contribution in [1.82, 2.24) is 0 Å². The fraction of sp³-hybridized carbons (Fsp3) is 1.00. The zero-order valence-corrected chi connectivity index (χ0v) is 15.3. The van der Waals surface area contributed by atoms with Gasteiger partial charge in [-0.2, -0.15) is 0 Å². The Labute approximate surface area is 127 Å². The second-order valence-corrected chi connectivity index (χ2v) is 8.97. The Morgan fingerprint density at radius 2 is 0.833 bits per heavy atom. The molecule has 0 heterocycles. The van der Waals surface area contributed by atoms with Gasteiger partial charge in [-0.05, 0) is 0 Å². The molecule has 0 atom stereocenters. The van der Waals surface area contributed by atoms with Gasteiger partial charge in [0.2, 0.25) is 0 Å². The topological polar surface area (TPSA) is 28.5 Å². The standard InChI is InChI=1S/2C8H17.O.Zr/c2*1-3-5-7-8-6-4-2;;/h2*1,3-8H2,2H3;;/q;;-2;+2. The molecule has 0 unspecified atom stereocenters. The third-order valence-corrected chi connectivity index (χ3v) is 6.89. The molecule has 0 spiro atoms. The summed E-state index contributed by atoms with van der Waals surface area (Å²) in [7, 11) is 0. The Morgan fingerprint density at radius 1 is 0.500 bits per heavy atom. The maximum atomic E-state index is 2.30. The molecule has 0 aliphatic heterocycles. The minimum atomic E-state index is 0. The first-order valence-corrected chi connectivity index (χ1v) is 11.6. The zero-order valence-electron chi connectivity index (χ0n) is 12.8. The molecule has 0 saturated heterocycles. The van der Waals surface area contributed by atoms with E-state index < -0.39 is 0 Å². The fourth-order valence-electron chi connectivity index (χ4n) is 2.19. The third-order valence-electron chi connectivity index (χ3n) is 3.41. The first kappa shape index (κ1) is 21.1. The van der Waals surface area contributed by atoms with Gasteiger partial charge in [-0.15, -0.1) is 0 Å². The van der Waals surface area contributed by atoms with Crippen LogP contribution in [0.1, 0.15) is 90.9 Å². The van der Waals surface area contributed by atoms with Gasteiger partial charge in [-0.3, -0.25) is 0 Å². The van der Waals surface area contributed by atoms with Crippen LogP contribution in [-0.4, -0.2) is 0 Å².